The Labute approximate surface area is 135 Å². The Morgan fingerprint density at radius 3 is 2.27 bits per heavy atom. The second-order valence-corrected chi connectivity index (χ2v) is 8.06. The van der Waals surface area contributed by atoms with Crippen molar-refractivity contribution < 1.29 is 5.11 Å². The summed E-state index contributed by atoms with van der Waals surface area (Å²) < 4.78 is 2.30. The van der Waals surface area contributed by atoms with Crippen molar-refractivity contribution in [3.8, 4) is 0 Å². The smallest absolute Gasteiger partial charge is 0.0610 e. The first kappa shape index (κ1) is 17.1. The van der Waals surface area contributed by atoms with E-state index in [1.807, 2.05) is 0 Å². The molecule has 2 nitrogen and oxygen atoms in total. The molecule has 0 aliphatic heterocycles. The Morgan fingerprint density at radius 2 is 1.73 bits per heavy atom. The van der Waals surface area contributed by atoms with Gasteiger partial charge in [0.15, 0.2) is 0 Å². The first-order chi connectivity index (χ1) is 10.2. The largest absolute Gasteiger partial charge is 0.395 e. The van der Waals surface area contributed by atoms with Gasteiger partial charge in [0, 0.05) is 28.6 Å². The zero-order chi connectivity index (χ0) is 16.5. The lowest BCUT2D eigenvalue weighted by Crippen LogP contribution is -2.22. The van der Waals surface area contributed by atoms with E-state index in [-0.39, 0.29) is 17.4 Å². The highest BCUT2D eigenvalue weighted by Crippen LogP contribution is 2.35. The zero-order valence-corrected chi connectivity index (χ0v) is 15.0. The van der Waals surface area contributed by atoms with Gasteiger partial charge in [-0.1, -0.05) is 54.0 Å². The number of hydrogen-bond acceptors (Lipinski definition) is 1. The number of aliphatic hydroxyl groups is 1. The van der Waals surface area contributed by atoms with E-state index in [1.54, 1.807) is 0 Å². The van der Waals surface area contributed by atoms with E-state index in [9.17, 15) is 5.11 Å². The van der Waals surface area contributed by atoms with Crippen LogP contribution in [0.5, 0.6) is 0 Å². The predicted octanol–water partition coefficient (Wildman–Crippen LogP) is 5.01. The molecule has 0 spiro atoms. The van der Waals surface area contributed by atoms with Gasteiger partial charge in [0.1, 0.15) is 0 Å². The van der Waals surface area contributed by atoms with Crippen molar-refractivity contribution in [1.82, 2.24) is 4.57 Å². The highest BCUT2D eigenvalue weighted by atomic mass is 16.3. The number of aliphatic hydroxyl groups excluding tert-OH is 1. The molecule has 0 aliphatic carbocycles. The molecule has 1 aromatic carbocycles. The minimum Gasteiger partial charge on any atom is -0.395 e. The second-order valence-electron chi connectivity index (χ2n) is 8.06. The van der Waals surface area contributed by atoms with Crippen molar-refractivity contribution in [2.75, 3.05) is 6.61 Å². The minimum atomic E-state index is 0.130. The number of rotatable bonds is 5. The molecule has 0 aliphatic rings. The standard InChI is InChI=1S/C20H31NO/c1-7-10-20(5,6)18-14-15-13-16(19(2,3)4)8-9-17(15)21(18)11-12-22/h8-9,13-14,22H,7,10-12H2,1-6H3. The lowest BCUT2D eigenvalue weighted by atomic mass is 9.84. The molecule has 0 saturated heterocycles. The topological polar surface area (TPSA) is 25.2 Å². The van der Waals surface area contributed by atoms with Crippen LogP contribution in [0, 0.1) is 0 Å². The van der Waals surface area contributed by atoms with Crippen LogP contribution in [0.3, 0.4) is 0 Å². The molecule has 122 valence electrons. The van der Waals surface area contributed by atoms with E-state index in [1.165, 1.54) is 28.6 Å². The SMILES string of the molecule is CCCC(C)(C)c1cc2cc(C(C)(C)C)ccc2n1CCO. The van der Waals surface area contributed by atoms with Crippen molar-refractivity contribution >= 4 is 10.9 Å². The van der Waals surface area contributed by atoms with Crippen LogP contribution in [0.2, 0.25) is 0 Å². The average molecular weight is 301 g/mol. The number of nitrogens with zero attached hydrogens (tertiary/aromatic N) is 1. The molecule has 2 rings (SSSR count). The van der Waals surface area contributed by atoms with Gasteiger partial charge in [0.2, 0.25) is 0 Å². The van der Waals surface area contributed by atoms with Gasteiger partial charge in [0.05, 0.1) is 6.61 Å². The number of hydrogen-bond donors (Lipinski definition) is 1. The molecule has 0 radical (unpaired) electrons. The van der Waals surface area contributed by atoms with Crippen molar-refractivity contribution in [2.24, 2.45) is 0 Å². The summed E-state index contributed by atoms with van der Waals surface area (Å²) in [5.41, 5.74) is 4.23. The summed E-state index contributed by atoms with van der Waals surface area (Å²) in [6.07, 6.45) is 2.32. The third-order valence-corrected chi connectivity index (χ3v) is 4.66. The van der Waals surface area contributed by atoms with Crippen LogP contribution < -0.4 is 0 Å². The van der Waals surface area contributed by atoms with E-state index < -0.39 is 0 Å². The third kappa shape index (κ3) is 3.22. The predicted molar refractivity (Wildman–Crippen MR) is 95.7 cm³/mol. The van der Waals surface area contributed by atoms with E-state index >= 15 is 0 Å². The Bertz CT molecular complexity index is 644. The van der Waals surface area contributed by atoms with Gasteiger partial charge in [-0.3, -0.25) is 0 Å². The van der Waals surface area contributed by atoms with Crippen LogP contribution in [0.25, 0.3) is 10.9 Å². The summed E-state index contributed by atoms with van der Waals surface area (Å²) in [5.74, 6) is 0. The van der Waals surface area contributed by atoms with E-state index in [4.69, 9.17) is 0 Å². The van der Waals surface area contributed by atoms with Crippen LogP contribution in [0.15, 0.2) is 24.3 Å². The van der Waals surface area contributed by atoms with Crippen molar-refractivity contribution in [1.29, 1.82) is 0 Å². The number of aromatic nitrogens is 1. The monoisotopic (exact) mass is 301 g/mol. The quantitative estimate of drug-likeness (QED) is 0.825. The van der Waals surface area contributed by atoms with Crippen molar-refractivity contribution in [3.05, 3.63) is 35.5 Å². The van der Waals surface area contributed by atoms with Gasteiger partial charge in [0.25, 0.3) is 0 Å². The number of fused-ring (bicyclic) bond motifs is 1. The maximum absolute atomic E-state index is 9.48. The van der Waals surface area contributed by atoms with Gasteiger partial charge in [-0.15, -0.1) is 0 Å². The van der Waals surface area contributed by atoms with E-state index in [0.29, 0.717) is 6.54 Å². The van der Waals surface area contributed by atoms with E-state index in [0.717, 1.165) is 6.42 Å². The molecule has 1 N–H and O–H groups in total. The van der Waals surface area contributed by atoms with Gasteiger partial charge in [-0.05, 0) is 35.6 Å². The fourth-order valence-corrected chi connectivity index (χ4v) is 3.39. The molecule has 0 amide bonds. The molecular formula is C20H31NO. The molecule has 1 heterocycles. The Morgan fingerprint density at radius 1 is 1.05 bits per heavy atom. The lowest BCUT2D eigenvalue weighted by Gasteiger charge is -2.26. The fourth-order valence-electron chi connectivity index (χ4n) is 3.39. The lowest BCUT2D eigenvalue weighted by molar-refractivity contribution is 0.272. The van der Waals surface area contributed by atoms with E-state index in [2.05, 4.69) is 70.4 Å². The van der Waals surface area contributed by atoms with Gasteiger partial charge in [-0.2, -0.15) is 0 Å². The molecule has 22 heavy (non-hydrogen) atoms. The van der Waals surface area contributed by atoms with Gasteiger partial charge >= 0.3 is 0 Å². The van der Waals surface area contributed by atoms with Crippen LogP contribution in [-0.2, 0) is 17.4 Å². The van der Waals surface area contributed by atoms with Crippen LogP contribution in [0.1, 0.15) is 65.6 Å². The van der Waals surface area contributed by atoms with Gasteiger partial charge in [-0.25, -0.2) is 0 Å². The third-order valence-electron chi connectivity index (χ3n) is 4.66. The first-order valence-electron chi connectivity index (χ1n) is 8.46. The molecule has 0 saturated carbocycles. The molecule has 0 fully saturated rings. The summed E-state index contributed by atoms with van der Waals surface area (Å²) in [5, 5.41) is 10.8. The summed E-state index contributed by atoms with van der Waals surface area (Å²) in [4.78, 5) is 0. The average Bonchev–Trinajstić information content (AvgIpc) is 2.77. The van der Waals surface area contributed by atoms with Gasteiger partial charge < -0.3 is 9.67 Å². The normalized spacial score (nSPS) is 13.0. The highest BCUT2D eigenvalue weighted by Gasteiger charge is 2.25. The maximum Gasteiger partial charge on any atom is 0.0610 e. The summed E-state index contributed by atoms with van der Waals surface area (Å²) in [7, 11) is 0. The molecule has 2 heteroatoms. The first-order valence-corrected chi connectivity index (χ1v) is 8.46. The summed E-state index contributed by atoms with van der Waals surface area (Å²) in [6, 6.07) is 9.09. The highest BCUT2D eigenvalue weighted by molar-refractivity contribution is 5.83. The Hall–Kier alpha value is -1.28. The molecular weight excluding hydrogens is 270 g/mol. The second kappa shape index (κ2) is 6.08. The van der Waals surface area contributed by atoms with Crippen LogP contribution in [-0.4, -0.2) is 16.3 Å². The van der Waals surface area contributed by atoms with Crippen LogP contribution >= 0.6 is 0 Å². The molecule has 0 bridgehead atoms. The minimum absolute atomic E-state index is 0.130. The maximum atomic E-state index is 9.48. The molecule has 0 atom stereocenters. The zero-order valence-electron chi connectivity index (χ0n) is 15.0. The van der Waals surface area contributed by atoms with Crippen molar-refractivity contribution in [3.63, 3.8) is 0 Å². The fraction of sp³-hybridized carbons (Fsp3) is 0.600. The molecule has 2 aromatic rings. The Kier molecular flexibility index (Phi) is 4.72. The molecule has 0 unspecified atom stereocenters. The number of benzene rings is 1. The summed E-state index contributed by atoms with van der Waals surface area (Å²) in [6.45, 7) is 14.5. The molecule has 1 aromatic heterocycles. The van der Waals surface area contributed by atoms with Crippen molar-refractivity contribution in [2.45, 2.75) is 71.8 Å². The Balaban J connectivity index is 2.63. The summed E-state index contributed by atoms with van der Waals surface area (Å²) >= 11 is 0. The van der Waals surface area contributed by atoms with Crippen LogP contribution in [0.4, 0.5) is 0 Å².